The van der Waals surface area contributed by atoms with Gasteiger partial charge in [-0.2, -0.15) is 0 Å². The lowest BCUT2D eigenvalue weighted by molar-refractivity contribution is -0.148. The summed E-state index contributed by atoms with van der Waals surface area (Å²) in [6, 6.07) is 6.79. The van der Waals surface area contributed by atoms with Crippen molar-refractivity contribution in [3.8, 4) is 5.75 Å². The van der Waals surface area contributed by atoms with Gasteiger partial charge in [-0.05, 0) is 39.0 Å². The monoisotopic (exact) mass is 376 g/mol. The highest BCUT2D eigenvalue weighted by atomic mass is 16.6. The fraction of sp³-hybridized carbons (Fsp3) is 0.350. The molecule has 1 aromatic rings. The van der Waals surface area contributed by atoms with Crippen molar-refractivity contribution in [2.45, 2.75) is 26.4 Å². The van der Waals surface area contributed by atoms with E-state index < -0.39 is 23.5 Å². The molecular formula is C20H24O7. The van der Waals surface area contributed by atoms with Crippen LogP contribution in [0.15, 0.2) is 42.0 Å². The summed E-state index contributed by atoms with van der Waals surface area (Å²) < 4.78 is 20.0. The van der Waals surface area contributed by atoms with Crippen LogP contribution < -0.4 is 4.74 Å². The lowest BCUT2D eigenvalue weighted by atomic mass is 10.1. The zero-order valence-corrected chi connectivity index (χ0v) is 16.1. The zero-order valence-electron chi connectivity index (χ0n) is 16.1. The molecule has 0 aliphatic carbocycles. The van der Waals surface area contributed by atoms with E-state index >= 15 is 0 Å². The summed E-state index contributed by atoms with van der Waals surface area (Å²) in [6.07, 6.45) is 4.11. The summed E-state index contributed by atoms with van der Waals surface area (Å²) >= 11 is 0. The predicted molar refractivity (Wildman–Crippen MR) is 98.9 cm³/mol. The molecule has 7 nitrogen and oxygen atoms in total. The molecule has 146 valence electrons. The number of ether oxygens (including phenoxy) is 4. The Morgan fingerprint density at radius 3 is 2.15 bits per heavy atom. The highest BCUT2D eigenvalue weighted by Gasteiger charge is 2.20. The quantitative estimate of drug-likeness (QED) is 0.238. The highest BCUT2D eigenvalue weighted by Crippen LogP contribution is 2.22. The molecule has 0 aliphatic heterocycles. The molecule has 0 radical (unpaired) electrons. The Kier molecular flexibility index (Phi) is 8.26. The van der Waals surface area contributed by atoms with E-state index in [0.717, 1.165) is 0 Å². The number of methoxy groups -OCH3 is 2. The average molecular weight is 376 g/mol. The SMILES string of the molecule is COC(=O)C(=Cc1ccccc1OC/C=C/C(=O)OC(C)(C)C)C(=O)OC. The smallest absolute Gasteiger partial charge is 0.345 e. The van der Waals surface area contributed by atoms with E-state index in [9.17, 15) is 14.4 Å². The number of carbonyl (C=O) groups excluding carboxylic acids is 3. The molecule has 0 N–H and O–H groups in total. The van der Waals surface area contributed by atoms with E-state index in [-0.39, 0.29) is 12.2 Å². The lowest BCUT2D eigenvalue weighted by Gasteiger charge is -2.17. The topological polar surface area (TPSA) is 88.1 Å². The van der Waals surface area contributed by atoms with Crippen molar-refractivity contribution in [1.82, 2.24) is 0 Å². The van der Waals surface area contributed by atoms with E-state index in [2.05, 4.69) is 9.47 Å². The third kappa shape index (κ3) is 7.77. The van der Waals surface area contributed by atoms with Crippen molar-refractivity contribution >= 4 is 24.0 Å². The molecule has 0 aliphatic rings. The number of benzene rings is 1. The normalized spacial score (nSPS) is 10.9. The Labute approximate surface area is 158 Å². The molecule has 0 fully saturated rings. The predicted octanol–water partition coefficient (Wildman–Crippen LogP) is 2.69. The van der Waals surface area contributed by atoms with Crippen LogP contribution in [0.3, 0.4) is 0 Å². The molecule has 0 saturated heterocycles. The van der Waals surface area contributed by atoms with Crippen LogP contribution in [0.1, 0.15) is 26.3 Å². The van der Waals surface area contributed by atoms with Gasteiger partial charge in [0, 0.05) is 11.6 Å². The first-order valence-electron chi connectivity index (χ1n) is 8.17. The van der Waals surface area contributed by atoms with Crippen LogP contribution >= 0.6 is 0 Å². The first-order chi connectivity index (χ1) is 12.7. The van der Waals surface area contributed by atoms with Crippen molar-refractivity contribution in [3.05, 3.63) is 47.6 Å². The van der Waals surface area contributed by atoms with Crippen molar-refractivity contribution in [3.63, 3.8) is 0 Å². The van der Waals surface area contributed by atoms with E-state index in [4.69, 9.17) is 9.47 Å². The molecule has 0 aromatic heterocycles. The fourth-order valence-corrected chi connectivity index (χ4v) is 1.93. The Balaban J connectivity index is 2.90. The van der Waals surface area contributed by atoms with Gasteiger partial charge in [-0.25, -0.2) is 14.4 Å². The molecule has 1 aromatic carbocycles. The van der Waals surface area contributed by atoms with Crippen LogP contribution in [-0.2, 0) is 28.6 Å². The van der Waals surface area contributed by atoms with Crippen LogP contribution in [0.2, 0.25) is 0 Å². The van der Waals surface area contributed by atoms with Crippen LogP contribution in [0.5, 0.6) is 5.75 Å². The minimum absolute atomic E-state index is 0.0931. The van der Waals surface area contributed by atoms with Gasteiger partial charge in [-0.15, -0.1) is 0 Å². The van der Waals surface area contributed by atoms with Gasteiger partial charge >= 0.3 is 17.9 Å². The third-order valence-electron chi connectivity index (χ3n) is 3.03. The summed E-state index contributed by atoms with van der Waals surface area (Å²) in [5.74, 6) is -1.70. The van der Waals surface area contributed by atoms with Gasteiger partial charge in [-0.1, -0.05) is 18.2 Å². The molecule has 0 atom stereocenters. The summed E-state index contributed by atoms with van der Waals surface area (Å²) in [5.41, 5.74) is -0.355. The number of hydrogen-bond acceptors (Lipinski definition) is 7. The third-order valence-corrected chi connectivity index (χ3v) is 3.03. The molecule has 27 heavy (non-hydrogen) atoms. The summed E-state index contributed by atoms with van der Waals surface area (Å²) in [7, 11) is 2.34. The van der Waals surface area contributed by atoms with Gasteiger partial charge in [0.1, 0.15) is 23.5 Å². The summed E-state index contributed by atoms with van der Waals surface area (Å²) in [4.78, 5) is 35.2. The molecule has 0 heterocycles. The molecular weight excluding hydrogens is 352 g/mol. The minimum atomic E-state index is -0.818. The molecule has 0 spiro atoms. The molecule has 0 amide bonds. The van der Waals surface area contributed by atoms with Crippen LogP contribution in [0.25, 0.3) is 6.08 Å². The minimum Gasteiger partial charge on any atom is -0.489 e. The van der Waals surface area contributed by atoms with Crippen molar-refractivity contribution in [2.24, 2.45) is 0 Å². The summed E-state index contributed by atoms with van der Waals surface area (Å²) in [5, 5.41) is 0. The second-order valence-electron chi connectivity index (χ2n) is 6.33. The Bertz CT molecular complexity index is 721. The van der Waals surface area contributed by atoms with Gasteiger partial charge in [0.25, 0.3) is 0 Å². The fourth-order valence-electron chi connectivity index (χ4n) is 1.93. The maximum atomic E-state index is 11.8. The number of carbonyl (C=O) groups is 3. The van der Waals surface area contributed by atoms with E-state index in [1.165, 1.54) is 32.4 Å². The van der Waals surface area contributed by atoms with Gasteiger partial charge in [-0.3, -0.25) is 0 Å². The number of para-hydroxylation sites is 1. The Morgan fingerprint density at radius 2 is 1.59 bits per heavy atom. The number of hydrogen-bond donors (Lipinski definition) is 0. The van der Waals surface area contributed by atoms with Crippen molar-refractivity contribution < 1.29 is 33.3 Å². The Hall–Kier alpha value is -3.09. The van der Waals surface area contributed by atoms with Gasteiger partial charge in [0.05, 0.1) is 14.2 Å². The van der Waals surface area contributed by atoms with E-state index in [1.54, 1.807) is 45.0 Å². The van der Waals surface area contributed by atoms with Crippen molar-refractivity contribution in [2.75, 3.05) is 20.8 Å². The van der Waals surface area contributed by atoms with Crippen LogP contribution in [0.4, 0.5) is 0 Å². The van der Waals surface area contributed by atoms with Gasteiger partial charge in [0.15, 0.2) is 0 Å². The molecule has 0 bridgehead atoms. The maximum Gasteiger partial charge on any atom is 0.345 e. The van der Waals surface area contributed by atoms with Gasteiger partial charge < -0.3 is 18.9 Å². The van der Waals surface area contributed by atoms with E-state index in [1.807, 2.05) is 0 Å². The second kappa shape index (κ2) is 10.2. The molecule has 0 saturated carbocycles. The molecule has 0 unspecified atom stereocenters. The van der Waals surface area contributed by atoms with Crippen molar-refractivity contribution in [1.29, 1.82) is 0 Å². The van der Waals surface area contributed by atoms with Gasteiger partial charge in [0.2, 0.25) is 0 Å². The number of rotatable bonds is 7. The lowest BCUT2D eigenvalue weighted by Crippen LogP contribution is -2.22. The second-order valence-corrected chi connectivity index (χ2v) is 6.33. The summed E-state index contributed by atoms with van der Waals surface area (Å²) in [6.45, 7) is 5.42. The largest absolute Gasteiger partial charge is 0.489 e. The highest BCUT2D eigenvalue weighted by molar-refractivity contribution is 6.17. The molecule has 1 rings (SSSR count). The first kappa shape index (κ1) is 22.0. The first-order valence-corrected chi connectivity index (χ1v) is 8.17. The van der Waals surface area contributed by atoms with Crippen LogP contribution in [0, 0.1) is 0 Å². The van der Waals surface area contributed by atoms with Crippen LogP contribution in [-0.4, -0.2) is 44.3 Å². The zero-order chi connectivity index (χ0) is 20.4. The maximum absolute atomic E-state index is 11.8. The standard InChI is InChI=1S/C20H24O7/c1-20(2,3)27-17(21)11-8-12-26-16-10-7-6-9-14(16)13-15(18(22)24-4)19(23)25-5/h6-11,13H,12H2,1-5H3/b11-8+. The van der Waals surface area contributed by atoms with E-state index in [0.29, 0.717) is 11.3 Å². The molecule has 7 heteroatoms. The number of esters is 3. The Morgan fingerprint density at radius 1 is 1.00 bits per heavy atom. The average Bonchev–Trinajstić information content (AvgIpc) is 2.61.